The maximum absolute atomic E-state index is 8.41. The zero-order valence-corrected chi connectivity index (χ0v) is 3.89. The Hall–Kier alpha value is -0.760. The Morgan fingerprint density at radius 1 is 1.71 bits per heavy atom. The summed E-state index contributed by atoms with van der Waals surface area (Å²) in [6, 6.07) is 1.83. The lowest BCUT2D eigenvalue weighted by Crippen LogP contribution is -1.72. The molecule has 2 heteroatoms. The third-order valence-electron chi connectivity index (χ3n) is 0.845. The van der Waals surface area contributed by atoms with Gasteiger partial charge in [0.05, 0.1) is 6.61 Å². The SMILES string of the molecule is OCc1cc[nH]c1. The molecule has 0 fully saturated rings. The zero-order valence-electron chi connectivity index (χ0n) is 3.89. The summed E-state index contributed by atoms with van der Waals surface area (Å²) in [4.78, 5) is 2.82. The van der Waals surface area contributed by atoms with Crippen LogP contribution in [0, 0.1) is 0 Å². The van der Waals surface area contributed by atoms with Crippen LogP contribution in [-0.4, -0.2) is 10.1 Å². The van der Waals surface area contributed by atoms with Crippen molar-refractivity contribution in [1.82, 2.24) is 4.98 Å². The van der Waals surface area contributed by atoms with Gasteiger partial charge in [-0.3, -0.25) is 0 Å². The molecule has 2 N–H and O–H groups in total. The van der Waals surface area contributed by atoms with E-state index in [9.17, 15) is 0 Å². The molecule has 1 heterocycles. The van der Waals surface area contributed by atoms with Crippen molar-refractivity contribution in [3.05, 3.63) is 24.0 Å². The van der Waals surface area contributed by atoms with Crippen LogP contribution in [0.3, 0.4) is 0 Å². The second-order valence-electron chi connectivity index (χ2n) is 1.38. The summed E-state index contributed by atoms with van der Waals surface area (Å²) in [6.07, 6.45) is 3.55. The molecule has 0 saturated heterocycles. The first kappa shape index (κ1) is 4.40. The van der Waals surface area contributed by atoms with Crippen molar-refractivity contribution in [2.45, 2.75) is 6.61 Å². The molecule has 0 radical (unpaired) electrons. The maximum atomic E-state index is 8.41. The molecule has 0 saturated carbocycles. The van der Waals surface area contributed by atoms with E-state index < -0.39 is 0 Å². The molecule has 1 rings (SSSR count). The molecule has 2 nitrogen and oxygen atoms in total. The highest BCUT2D eigenvalue weighted by Gasteiger charge is 1.82. The summed E-state index contributed by atoms with van der Waals surface area (Å²) >= 11 is 0. The fourth-order valence-electron chi connectivity index (χ4n) is 0.457. The second-order valence-corrected chi connectivity index (χ2v) is 1.38. The number of aliphatic hydroxyl groups is 1. The third kappa shape index (κ3) is 0.810. The minimum atomic E-state index is 0.128. The Morgan fingerprint density at radius 3 is 2.86 bits per heavy atom. The Balaban J connectivity index is 2.76. The van der Waals surface area contributed by atoms with Crippen LogP contribution in [-0.2, 0) is 6.61 Å². The molecule has 1 aromatic heterocycles. The van der Waals surface area contributed by atoms with Crippen molar-refractivity contribution < 1.29 is 5.11 Å². The van der Waals surface area contributed by atoms with Crippen LogP contribution in [0.4, 0.5) is 0 Å². The lowest BCUT2D eigenvalue weighted by Gasteiger charge is -1.78. The van der Waals surface area contributed by atoms with E-state index in [4.69, 9.17) is 5.11 Å². The van der Waals surface area contributed by atoms with Crippen LogP contribution in [0.25, 0.3) is 0 Å². The van der Waals surface area contributed by atoms with Gasteiger partial charge < -0.3 is 10.1 Å². The van der Waals surface area contributed by atoms with Gasteiger partial charge >= 0.3 is 0 Å². The van der Waals surface area contributed by atoms with Gasteiger partial charge in [0, 0.05) is 12.4 Å². The van der Waals surface area contributed by atoms with E-state index in [0.29, 0.717) is 0 Å². The Labute approximate surface area is 41.8 Å². The van der Waals surface area contributed by atoms with Gasteiger partial charge in [0.15, 0.2) is 0 Å². The number of hydrogen-bond donors (Lipinski definition) is 2. The van der Waals surface area contributed by atoms with E-state index in [1.165, 1.54) is 0 Å². The Morgan fingerprint density at radius 2 is 2.57 bits per heavy atom. The van der Waals surface area contributed by atoms with Gasteiger partial charge in [0.25, 0.3) is 0 Å². The monoisotopic (exact) mass is 97.1 g/mol. The highest BCUT2D eigenvalue weighted by atomic mass is 16.3. The van der Waals surface area contributed by atoms with E-state index in [1.807, 2.05) is 6.07 Å². The van der Waals surface area contributed by atoms with Crippen LogP contribution in [0.2, 0.25) is 0 Å². The van der Waals surface area contributed by atoms with Crippen molar-refractivity contribution in [2.24, 2.45) is 0 Å². The van der Waals surface area contributed by atoms with E-state index in [-0.39, 0.29) is 6.61 Å². The van der Waals surface area contributed by atoms with E-state index in [0.717, 1.165) is 5.56 Å². The van der Waals surface area contributed by atoms with Crippen LogP contribution in [0.5, 0.6) is 0 Å². The average molecular weight is 97.1 g/mol. The van der Waals surface area contributed by atoms with Crippen molar-refractivity contribution in [2.75, 3.05) is 0 Å². The van der Waals surface area contributed by atoms with Crippen molar-refractivity contribution >= 4 is 0 Å². The molecule has 0 atom stereocenters. The van der Waals surface area contributed by atoms with Crippen molar-refractivity contribution in [1.29, 1.82) is 0 Å². The smallest absolute Gasteiger partial charge is 0.0696 e. The molecule has 0 aromatic carbocycles. The molecule has 0 unspecified atom stereocenters. The van der Waals surface area contributed by atoms with Gasteiger partial charge in [-0.2, -0.15) is 0 Å². The molecule has 0 spiro atoms. The molecular formula is C5H7NO. The first-order chi connectivity index (χ1) is 3.43. The standard InChI is InChI=1S/C5H7NO/c7-4-5-1-2-6-3-5/h1-3,6-7H,4H2. The molecule has 0 bridgehead atoms. The minimum Gasteiger partial charge on any atom is -0.392 e. The predicted molar refractivity (Wildman–Crippen MR) is 26.7 cm³/mol. The largest absolute Gasteiger partial charge is 0.392 e. The number of rotatable bonds is 1. The Kier molecular flexibility index (Phi) is 1.13. The van der Waals surface area contributed by atoms with Crippen LogP contribution in [0.15, 0.2) is 18.5 Å². The minimum absolute atomic E-state index is 0.128. The molecule has 1 aromatic rings. The topological polar surface area (TPSA) is 36.0 Å². The quantitative estimate of drug-likeness (QED) is 0.526. The molecular weight excluding hydrogens is 90.1 g/mol. The summed E-state index contributed by atoms with van der Waals surface area (Å²) in [6.45, 7) is 0.128. The number of aromatic nitrogens is 1. The molecule has 0 aliphatic heterocycles. The van der Waals surface area contributed by atoms with Gasteiger partial charge in [0.2, 0.25) is 0 Å². The molecule has 0 amide bonds. The predicted octanol–water partition coefficient (Wildman–Crippen LogP) is 0.507. The fraction of sp³-hybridized carbons (Fsp3) is 0.200. The molecule has 38 valence electrons. The summed E-state index contributed by atoms with van der Waals surface area (Å²) in [5, 5.41) is 8.41. The first-order valence-corrected chi connectivity index (χ1v) is 2.16. The highest BCUT2D eigenvalue weighted by molar-refractivity contribution is 5.05. The summed E-state index contributed by atoms with van der Waals surface area (Å²) in [7, 11) is 0. The Bertz CT molecular complexity index is 123. The summed E-state index contributed by atoms with van der Waals surface area (Å²) in [5.41, 5.74) is 0.931. The molecule has 0 aliphatic carbocycles. The number of aliphatic hydroxyl groups excluding tert-OH is 1. The van der Waals surface area contributed by atoms with Gasteiger partial charge in [-0.05, 0) is 11.6 Å². The van der Waals surface area contributed by atoms with Crippen molar-refractivity contribution in [3.63, 3.8) is 0 Å². The van der Waals surface area contributed by atoms with Crippen molar-refractivity contribution in [3.8, 4) is 0 Å². The van der Waals surface area contributed by atoms with Crippen LogP contribution < -0.4 is 0 Å². The maximum Gasteiger partial charge on any atom is 0.0696 e. The van der Waals surface area contributed by atoms with E-state index in [2.05, 4.69) is 4.98 Å². The van der Waals surface area contributed by atoms with Crippen LogP contribution >= 0.6 is 0 Å². The number of aromatic amines is 1. The summed E-state index contributed by atoms with van der Waals surface area (Å²) in [5.74, 6) is 0. The van der Waals surface area contributed by atoms with Gasteiger partial charge in [-0.25, -0.2) is 0 Å². The molecule has 7 heavy (non-hydrogen) atoms. The van der Waals surface area contributed by atoms with Gasteiger partial charge in [0.1, 0.15) is 0 Å². The average Bonchev–Trinajstić information content (AvgIpc) is 2.14. The highest BCUT2D eigenvalue weighted by Crippen LogP contribution is 1.92. The zero-order chi connectivity index (χ0) is 5.11. The summed E-state index contributed by atoms with van der Waals surface area (Å²) < 4.78 is 0. The lowest BCUT2D eigenvalue weighted by atomic mass is 10.4. The molecule has 0 aliphatic rings. The lowest BCUT2D eigenvalue weighted by molar-refractivity contribution is 0.282. The third-order valence-corrected chi connectivity index (χ3v) is 0.845. The van der Waals surface area contributed by atoms with E-state index in [1.54, 1.807) is 12.4 Å². The van der Waals surface area contributed by atoms with E-state index >= 15 is 0 Å². The number of H-pyrrole nitrogens is 1. The van der Waals surface area contributed by atoms with Gasteiger partial charge in [-0.1, -0.05) is 0 Å². The normalized spacial score (nSPS) is 9.29. The first-order valence-electron chi connectivity index (χ1n) is 2.16. The van der Waals surface area contributed by atoms with Crippen LogP contribution in [0.1, 0.15) is 5.56 Å². The number of nitrogens with one attached hydrogen (secondary N) is 1. The number of hydrogen-bond acceptors (Lipinski definition) is 1. The fourth-order valence-corrected chi connectivity index (χ4v) is 0.457. The second kappa shape index (κ2) is 1.80. The van der Waals surface area contributed by atoms with Gasteiger partial charge in [-0.15, -0.1) is 0 Å².